The van der Waals surface area contributed by atoms with Crippen molar-refractivity contribution < 1.29 is 9.66 Å². The largest absolute Gasteiger partial charge is 0.376 e. The minimum atomic E-state index is -0.387. The van der Waals surface area contributed by atoms with Gasteiger partial charge in [0.25, 0.3) is 5.69 Å². The van der Waals surface area contributed by atoms with E-state index >= 15 is 0 Å². The van der Waals surface area contributed by atoms with E-state index in [-0.39, 0.29) is 10.6 Å². The van der Waals surface area contributed by atoms with Crippen LogP contribution in [0.1, 0.15) is 25.3 Å². The number of allylic oxidation sites excluding steroid dienone is 2. The molecule has 0 aliphatic heterocycles. The number of hydrogen-bond acceptors (Lipinski definition) is 3. The Morgan fingerprint density at radius 3 is 2.85 bits per heavy atom. The molecule has 0 radical (unpaired) electrons. The highest BCUT2D eigenvalue weighted by Gasteiger charge is 2.18. The number of hydrogen-bond donors (Lipinski definition) is 0. The molecule has 20 heavy (non-hydrogen) atoms. The fraction of sp³-hybridized carbons (Fsp3) is 0.467. The SMILES string of the molecule is CC1CC=CCC1COCc1ccc(Br)c([N+](=O)[O-])c1. The number of rotatable bonds is 5. The van der Waals surface area contributed by atoms with Gasteiger partial charge in [0.1, 0.15) is 0 Å². The maximum Gasteiger partial charge on any atom is 0.283 e. The van der Waals surface area contributed by atoms with Gasteiger partial charge in [-0.05, 0) is 52.2 Å². The van der Waals surface area contributed by atoms with Crippen molar-refractivity contribution in [2.45, 2.75) is 26.4 Å². The number of ether oxygens (including phenoxy) is 1. The average Bonchev–Trinajstić information content (AvgIpc) is 2.42. The van der Waals surface area contributed by atoms with Gasteiger partial charge in [0.15, 0.2) is 0 Å². The van der Waals surface area contributed by atoms with Crippen LogP contribution in [0.25, 0.3) is 0 Å². The Labute approximate surface area is 127 Å². The minimum Gasteiger partial charge on any atom is -0.376 e. The van der Waals surface area contributed by atoms with Crippen LogP contribution in [-0.2, 0) is 11.3 Å². The molecule has 5 heteroatoms. The molecule has 1 aromatic rings. The van der Waals surface area contributed by atoms with Crippen molar-refractivity contribution in [3.63, 3.8) is 0 Å². The zero-order valence-corrected chi connectivity index (χ0v) is 13.0. The Morgan fingerprint density at radius 2 is 2.15 bits per heavy atom. The molecule has 1 aliphatic carbocycles. The molecular formula is C15H18BrNO3. The van der Waals surface area contributed by atoms with E-state index in [1.165, 1.54) is 0 Å². The number of nitro groups is 1. The fourth-order valence-corrected chi connectivity index (χ4v) is 2.75. The van der Waals surface area contributed by atoms with Crippen molar-refractivity contribution >= 4 is 21.6 Å². The van der Waals surface area contributed by atoms with Crippen LogP contribution < -0.4 is 0 Å². The first-order valence-corrected chi connectivity index (χ1v) is 7.52. The summed E-state index contributed by atoms with van der Waals surface area (Å²) in [5.74, 6) is 1.18. The van der Waals surface area contributed by atoms with Crippen molar-refractivity contribution in [2.75, 3.05) is 6.61 Å². The minimum absolute atomic E-state index is 0.0834. The van der Waals surface area contributed by atoms with Crippen LogP contribution >= 0.6 is 15.9 Å². The zero-order valence-electron chi connectivity index (χ0n) is 11.4. The van der Waals surface area contributed by atoms with Gasteiger partial charge >= 0.3 is 0 Å². The van der Waals surface area contributed by atoms with E-state index in [4.69, 9.17) is 4.74 Å². The maximum atomic E-state index is 10.9. The molecule has 0 bridgehead atoms. The van der Waals surface area contributed by atoms with E-state index in [1.54, 1.807) is 12.1 Å². The first kappa shape index (κ1) is 15.2. The summed E-state index contributed by atoms with van der Waals surface area (Å²) >= 11 is 3.18. The summed E-state index contributed by atoms with van der Waals surface area (Å²) in [5.41, 5.74) is 0.916. The van der Waals surface area contributed by atoms with Gasteiger partial charge in [-0.3, -0.25) is 10.1 Å². The Kier molecular flexibility index (Phi) is 5.31. The Balaban J connectivity index is 1.89. The second-order valence-corrected chi connectivity index (χ2v) is 6.09. The Morgan fingerprint density at radius 1 is 1.40 bits per heavy atom. The molecule has 4 nitrogen and oxygen atoms in total. The van der Waals surface area contributed by atoms with Crippen LogP contribution in [0.4, 0.5) is 5.69 Å². The second-order valence-electron chi connectivity index (χ2n) is 5.24. The maximum absolute atomic E-state index is 10.9. The van der Waals surface area contributed by atoms with E-state index in [1.807, 2.05) is 6.07 Å². The van der Waals surface area contributed by atoms with Crippen LogP contribution in [-0.4, -0.2) is 11.5 Å². The summed E-state index contributed by atoms with van der Waals surface area (Å²) in [4.78, 5) is 10.5. The van der Waals surface area contributed by atoms with Crippen molar-refractivity contribution in [3.8, 4) is 0 Å². The lowest BCUT2D eigenvalue weighted by Crippen LogP contribution is -2.19. The highest BCUT2D eigenvalue weighted by molar-refractivity contribution is 9.10. The molecule has 108 valence electrons. The van der Waals surface area contributed by atoms with Gasteiger partial charge in [-0.1, -0.05) is 25.1 Å². The summed E-state index contributed by atoms with van der Waals surface area (Å²) in [6, 6.07) is 5.11. The van der Waals surface area contributed by atoms with E-state index in [0.717, 1.165) is 18.4 Å². The van der Waals surface area contributed by atoms with E-state index in [2.05, 4.69) is 35.0 Å². The molecule has 1 aromatic carbocycles. The lowest BCUT2D eigenvalue weighted by Gasteiger charge is -2.24. The lowest BCUT2D eigenvalue weighted by atomic mass is 9.85. The van der Waals surface area contributed by atoms with Crippen molar-refractivity contribution in [1.82, 2.24) is 0 Å². The molecule has 0 amide bonds. The van der Waals surface area contributed by atoms with Crippen molar-refractivity contribution in [3.05, 3.63) is 50.5 Å². The molecule has 1 aliphatic rings. The number of benzene rings is 1. The topological polar surface area (TPSA) is 52.4 Å². The number of halogens is 1. The summed E-state index contributed by atoms with van der Waals surface area (Å²) in [6.07, 6.45) is 6.59. The first-order valence-electron chi connectivity index (χ1n) is 6.73. The van der Waals surface area contributed by atoms with E-state index in [9.17, 15) is 10.1 Å². The van der Waals surface area contributed by atoms with Gasteiger partial charge in [0.05, 0.1) is 22.6 Å². The summed E-state index contributed by atoms with van der Waals surface area (Å²) < 4.78 is 6.23. The smallest absolute Gasteiger partial charge is 0.283 e. The third-order valence-corrected chi connectivity index (χ3v) is 4.40. The molecule has 0 saturated heterocycles. The monoisotopic (exact) mass is 339 g/mol. The molecule has 2 rings (SSSR count). The highest BCUT2D eigenvalue weighted by Crippen LogP contribution is 2.27. The summed E-state index contributed by atoms with van der Waals surface area (Å²) in [7, 11) is 0. The summed E-state index contributed by atoms with van der Waals surface area (Å²) in [6.45, 7) is 3.36. The van der Waals surface area contributed by atoms with Gasteiger partial charge in [0.2, 0.25) is 0 Å². The Hall–Kier alpha value is -1.20. The lowest BCUT2D eigenvalue weighted by molar-refractivity contribution is -0.385. The van der Waals surface area contributed by atoms with Crippen LogP contribution in [0.2, 0.25) is 0 Å². The van der Waals surface area contributed by atoms with Gasteiger partial charge in [-0.25, -0.2) is 0 Å². The predicted molar refractivity (Wildman–Crippen MR) is 81.5 cm³/mol. The van der Waals surface area contributed by atoms with Crippen molar-refractivity contribution in [2.24, 2.45) is 11.8 Å². The second kappa shape index (κ2) is 6.99. The Bertz CT molecular complexity index is 516. The quantitative estimate of drug-likeness (QED) is 0.451. The molecule has 0 aromatic heterocycles. The van der Waals surface area contributed by atoms with Crippen LogP contribution in [0.3, 0.4) is 0 Å². The fourth-order valence-electron chi connectivity index (χ4n) is 2.36. The molecule has 0 heterocycles. The predicted octanol–water partition coefficient (Wildman–Crippen LogP) is 4.48. The van der Waals surface area contributed by atoms with Gasteiger partial charge in [-0.15, -0.1) is 0 Å². The highest BCUT2D eigenvalue weighted by atomic mass is 79.9. The third-order valence-electron chi connectivity index (χ3n) is 3.73. The van der Waals surface area contributed by atoms with Gasteiger partial charge < -0.3 is 4.74 Å². The van der Waals surface area contributed by atoms with Gasteiger partial charge in [0, 0.05) is 6.07 Å². The molecule has 0 saturated carbocycles. The standard InChI is InChI=1S/C15H18BrNO3/c1-11-4-2-3-5-13(11)10-20-9-12-6-7-14(16)15(8-12)17(18)19/h2-3,6-8,11,13H,4-5,9-10H2,1H3. The average molecular weight is 340 g/mol. The number of nitrogens with zero attached hydrogens (tertiary/aromatic N) is 1. The molecule has 0 spiro atoms. The normalized spacial score (nSPS) is 21.9. The van der Waals surface area contributed by atoms with Gasteiger partial charge in [-0.2, -0.15) is 0 Å². The molecule has 0 N–H and O–H groups in total. The van der Waals surface area contributed by atoms with E-state index in [0.29, 0.717) is 29.5 Å². The van der Waals surface area contributed by atoms with Crippen LogP contribution in [0, 0.1) is 22.0 Å². The van der Waals surface area contributed by atoms with Crippen molar-refractivity contribution in [1.29, 1.82) is 0 Å². The van der Waals surface area contributed by atoms with Crippen LogP contribution in [0.5, 0.6) is 0 Å². The first-order chi connectivity index (χ1) is 9.58. The molecular weight excluding hydrogens is 322 g/mol. The zero-order chi connectivity index (χ0) is 14.5. The molecule has 2 atom stereocenters. The molecule has 0 fully saturated rings. The van der Waals surface area contributed by atoms with E-state index < -0.39 is 0 Å². The summed E-state index contributed by atoms with van der Waals surface area (Å²) in [5, 5.41) is 10.9. The van der Waals surface area contributed by atoms with Crippen LogP contribution in [0.15, 0.2) is 34.8 Å². The molecule has 2 unspecified atom stereocenters. The number of nitro benzene ring substituents is 1. The third kappa shape index (κ3) is 3.90.